The van der Waals surface area contributed by atoms with Crippen molar-refractivity contribution >= 4 is 11.8 Å². The monoisotopic (exact) mass is 256 g/mol. The Morgan fingerprint density at radius 2 is 2.53 bits per heavy atom. The summed E-state index contributed by atoms with van der Waals surface area (Å²) in [5, 5.41) is 3.60. The predicted octanol–water partition coefficient (Wildman–Crippen LogP) is 1.71. The molecule has 0 aromatic rings. The van der Waals surface area contributed by atoms with Gasteiger partial charge in [0.25, 0.3) is 0 Å². The summed E-state index contributed by atoms with van der Waals surface area (Å²) in [5.74, 6) is 3.64. The Balaban J connectivity index is 2.06. The van der Waals surface area contributed by atoms with E-state index in [1.165, 1.54) is 30.2 Å². The Morgan fingerprint density at radius 1 is 1.65 bits per heavy atom. The van der Waals surface area contributed by atoms with Gasteiger partial charge in [0.1, 0.15) is 5.76 Å². The molecule has 2 atom stereocenters. The second-order valence-corrected chi connectivity index (χ2v) is 5.91. The molecule has 0 amide bonds. The molecule has 2 unspecified atom stereocenters. The molecule has 2 heterocycles. The minimum atomic E-state index is 0.373. The number of hydrogen-bond acceptors (Lipinski definition) is 4. The van der Waals surface area contributed by atoms with Gasteiger partial charge in [-0.15, -0.1) is 0 Å². The number of thioether (sulfide) groups is 1. The van der Waals surface area contributed by atoms with Gasteiger partial charge < -0.3 is 10.1 Å². The second-order valence-electron chi connectivity index (χ2n) is 4.76. The van der Waals surface area contributed by atoms with E-state index in [9.17, 15) is 0 Å². The number of hydrogen-bond donors (Lipinski definition) is 1. The van der Waals surface area contributed by atoms with Crippen molar-refractivity contribution in [2.75, 3.05) is 38.2 Å². The molecule has 2 aliphatic rings. The average Bonchev–Trinajstić information content (AvgIpc) is 2.38. The van der Waals surface area contributed by atoms with E-state index in [0.29, 0.717) is 12.1 Å². The zero-order chi connectivity index (χ0) is 12.1. The van der Waals surface area contributed by atoms with Crippen LogP contribution in [0.3, 0.4) is 0 Å². The summed E-state index contributed by atoms with van der Waals surface area (Å²) in [5.41, 5.74) is 0. The molecule has 0 bridgehead atoms. The topological polar surface area (TPSA) is 24.5 Å². The Bertz CT molecular complexity index is 270. The molecule has 17 heavy (non-hydrogen) atoms. The molecule has 0 aromatic heterocycles. The van der Waals surface area contributed by atoms with Gasteiger partial charge in [0.15, 0.2) is 0 Å². The molecule has 1 N–H and O–H groups in total. The van der Waals surface area contributed by atoms with Crippen molar-refractivity contribution in [3.8, 4) is 0 Å². The third-order valence-corrected chi connectivity index (χ3v) is 4.57. The standard InChI is InChI=1S/C13H24N2OS/c1-3-14-13(12-6-4-5-8-16-12)11-10-17-9-7-15(11)2/h6,11,13-14H,3-5,7-10H2,1-2H3. The van der Waals surface area contributed by atoms with Crippen molar-refractivity contribution in [3.63, 3.8) is 0 Å². The molecule has 98 valence electrons. The summed E-state index contributed by atoms with van der Waals surface area (Å²) in [6.07, 6.45) is 4.61. The van der Waals surface area contributed by atoms with Gasteiger partial charge in [-0.05, 0) is 32.5 Å². The summed E-state index contributed by atoms with van der Waals surface area (Å²) < 4.78 is 5.86. The minimum Gasteiger partial charge on any atom is -0.497 e. The minimum absolute atomic E-state index is 0.373. The van der Waals surface area contributed by atoms with Crippen molar-refractivity contribution in [3.05, 3.63) is 11.8 Å². The molecule has 4 heteroatoms. The van der Waals surface area contributed by atoms with Gasteiger partial charge in [-0.2, -0.15) is 11.8 Å². The molecule has 0 aliphatic carbocycles. The number of nitrogens with one attached hydrogen (secondary N) is 1. The molecular weight excluding hydrogens is 232 g/mol. The van der Waals surface area contributed by atoms with E-state index in [1.807, 2.05) is 0 Å². The lowest BCUT2D eigenvalue weighted by Gasteiger charge is -2.39. The molecule has 1 saturated heterocycles. The number of ether oxygens (including phenoxy) is 1. The summed E-state index contributed by atoms with van der Waals surface area (Å²) >= 11 is 2.06. The second kappa shape index (κ2) is 6.66. The smallest absolute Gasteiger partial charge is 0.111 e. The van der Waals surface area contributed by atoms with Crippen molar-refractivity contribution in [2.45, 2.75) is 31.8 Å². The molecule has 2 aliphatic heterocycles. The van der Waals surface area contributed by atoms with Crippen LogP contribution in [0.15, 0.2) is 11.8 Å². The highest BCUT2D eigenvalue weighted by Crippen LogP contribution is 2.24. The summed E-state index contributed by atoms with van der Waals surface area (Å²) in [6.45, 7) is 5.24. The van der Waals surface area contributed by atoms with Crippen molar-refractivity contribution < 1.29 is 4.74 Å². The quantitative estimate of drug-likeness (QED) is 0.827. The summed E-state index contributed by atoms with van der Waals surface area (Å²) in [4.78, 5) is 2.47. The first-order valence-electron chi connectivity index (χ1n) is 6.67. The maximum atomic E-state index is 5.86. The van der Waals surface area contributed by atoms with Gasteiger partial charge in [-0.3, -0.25) is 4.90 Å². The fourth-order valence-electron chi connectivity index (χ4n) is 2.50. The highest BCUT2D eigenvalue weighted by Gasteiger charge is 2.31. The molecule has 2 rings (SSSR count). The molecule has 0 radical (unpaired) electrons. The first kappa shape index (κ1) is 13.2. The van der Waals surface area contributed by atoms with E-state index in [1.54, 1.807) is 0 Å². The number of likely N-dealkylation sites (N-methyl/N-ethyl adjacent to an activating group) is 2. The Kier molecular flexibility index (Phi) is 5.19. The van der Waals surface area contributed by atoms with E-state index in [4.69, 9.17) is 4.74 Å². The zero-order valence-electron chi connectivity index (χ0n) is 10.9. The fraction of sp³-hybridized carbons (Fsp3) is 0.846. The Labute approximate surface area is 109 Å². The van der Waals surface area contributed by atoms with Crippen LogP contribution in [0.1, 0.15) is 19.8 Å². The van der Waals surface area contributed by atoms with E-state index >= 15 is 0 Å². The van der Waals surface area contributed by atoms with Gasteiger partial charge in [0.2, 0.25) is 0 Å². The lowest BCUT2D eigenvalue weighted by atomic mass is 10.0. The molecule has 0 spiro atoms. The first-order valence-corrected chi connectivity index (χ1v) is 7.82. The number of nitrogens with zero attached hydrogens (tertiary/aromatic N) is 1. The molecule has 1 fully saturated rings. The lowest BCUT2D eigenvalue weighted by Crippen LogP contribution is -2.54. The van der Waals surface area contributed by atoms with Gasteiger partial charge in [0.05, 0.1) is 12.6 Å². The van der Waals surface area contributed by atoms with Crippen molar-refractivity contribution in [2.24, 2.45) is 0 Å². The number of allylic oxidation sites excluding steroid dienone is 1. The third-order valence-electron chi connectivity index (χ3n) is 3.52. The SMILES string of the molecule is CCNC(C1=CCCCO1)C1CSCCN1C. The van der Waals surface area contributed by atoms with E-state index < -0.39 is 0 Å². The van der Waals surface area contributed by atoms with Crippen LogP contribution < -0.4 is 5.32 Å². The van der Waals surface area contributed by atoms with Crippen LogP contribution in [0, 0.1) is 0 Å². The summed E-state index contributed by atoms with van der Waals surface area (Å²) in [7, 11) is 2.23. The van der Waals surface area contributed by atoms with Crippen molar-refractivity contribution in [1.82, 2.24) is 10.2 Å². The average molecular weight is 256 g/mol. The van der Waals surface area contributed by atoms with E-state index in [2.05, 4.69) is 42.0 Å². The third kappa shape index (κ3) is 3.39. The first-order chi connectivity index (χ1) is 8.33. The van der Waals surface area contributed by atoms with Crippen LogP contribution in [0.4, 0.5) is 0 Å². The summed E-state index contributed by atoms with van der Waals surface area (Å²) in [6, 6.07) is 0.941. The largest absolute Gasteiger partial charge is 0.497 e. The van der Waals surface area contributed by atoms with Gasteiger partial charge in [0, 0.05) is 24.1 Å². The molecule has 0 saturated carbocycles. The van der Waals surface area contributed by atoms with Crippen LogP contribution in [0.5, 0.6) is 0 Å². The maximum Gasteiger partial charge on any atom is 0.111 e. The fourth-order valence-corrected chi connectivity index (χ4v) is 3.77. The van der Waals surface area contributed by atoms with Gasteiger partial charge in [-0.25, -0.2) is 0 Å². The van der Waals surface area contributed by atoms with Crippen LogP contribution >= 0.6 is 11.8 Å². The van der Waals surface area contributed by atoms with Crippen LogP contribution in [-0.4, -0.2) is 55.2 Å². The zero-order valence-corrected chi connectivity index (χ0v) is 11.8. The lowest BCUT2D eigenvalue weighted by molar-refractivity contribution is 0.132. The van der Waals surface area contributed by atoms with Crippen LogP contribution in [0.25, 0.3) is 0 Å². The van der Waals surface area contributed by atoms with E-state index in [-0.39, 0.29) is 0 Å². The molecule has 3 nitrogen and oxygen atoms in total. The maximum absolute atomic E-state index is 5.86. The van der Waals surface area contributed by atoms with Gasteiger partial charge >= 0.3 is 0 Å². The molecular formula is C13H24N2OS. The number of rotatable bonds is 4. The van der Waals surface area contributed by atoms with E-state index in [0.717, 1.165) is 19.6 Å². The normalized spacial score (nSPS) is 28.4. The van der Waals surface area contributed by atoms with Gasteiger partial charge in [-0.1, -0.05) is 6.92 Å². The highest BCUT2D eigenvalue weighted by molar-refractivity contribution is 7.99. The van der Waals surface area contributed by atoms with Crippen molar-refractivity contribution in [1.29, 1.82) is 0 Å². The Hall–Kier alpha value is -0.190. The Morgan fingerprint density at radius 3 is 3.18 bits per heavy atom. The molecule has 0 aromatic carbocycles. The predicted molar refractivity (Wildman–Crippen MR) is 74.5 cm³/mol. The highest BCUT2D eigenvalue weighted by atomic mass is 32.2. The van der Waals surface area contributed by atoms with Crippen LogP contribution in [0.2, 0.25) is 0 Å². The van der Waals surface area contributed by atoms with Crippen LogP contribution in [-0.2, 0) is 4.74 Å².